The van der Waals surface area contributed by atoms with Crippen LogP contribution >= 0.6 is 11.3 Å². The smallest absolute Gasteiger partial charge is 0.279 e. The number of anilines is 1. The monoisotopic (exact) mass is 546 g/mol. The van der Waals surface area contributed by atoms with E-state index in [1.54, 1.807) is 12.1 Å². The minimum Gasteiger partial charge on any atom is -0.496 e. The molecule has 13 nitrogen and oxygen atoms in total. The SMILES string of the molecule is COc1cc(OC)c(C=CS(=O)(=O)Nc2cnc3c(-c4nnc(C(C)=O)s4)c(=O)n(C)n3c2)c(OC)c1. The summed E-state index contributed by atoms with van der Waals surface area (Å²) in [5.41, 5.74) is 0.441. The number of benzene rings is 1. The molecule has 0 amide bonds. The highest BCUT2D eigenvalue weighted by Crippen LogP contribution is 2.35. The quantitative estimate of drug-likeness (QED) is 0.309. The van der Waals surface area contributed by atoms with E-state index in [0.717, 1.165) is 16.7 Å². The molecular weight excluding hydrogens is 524 g/mol. The summed E-state index contributed by atoms with van der Waals surface area (Å²) in [4.78, 5) is 28.7. The summed E-state index contributed by atoms with van der Waals surface area (Å²) in [6.45, 7) is 1.35. The van der Waals surface area contributed by atoms with Gasteiger partial charge in [0.25, 0.3) is 15.6 Å². The van der Waals surface area contributed by atoms with Crippen LogP contribution < -0.4 is 24.5 Å². The van der Waals surface area contributed by atoms with Crippen LogP contribution in [0.3, 0.4) is 0 Å². The Bertz CT molecular complexity index is 1680. The van der Waals surface area contributed by atoms with Crippen molar-refractivity contribution >= 4 is 44.6 Å². The van der Waals surface area contributed by atoms with Gasteiger partial charge in [-0.05, 0) is 6.08 Å². The van der Waals surface area contributed by atoms with Gasteiger partial charge in [0.15, 0.2) is 21.4 Å². The zero-order valence-electron chi connectivity index (χ0n) is 20.4. The number of fused-ring (bicyclic) bond motifs is 1. The molecule has 1 N–H and O–H groups in total. The number of ketones is 1. The Hall–Kier alpha value is -4.24. The largest absolute Gasteiger partial charge is 0.496 e. The highest BCUT2D eigenvalue weighted by molar-refractivity contribution is 7.95. The molecule has 4 rings (SSSR count). The van der Waals surface area contributed by atoms with Gasteiger partial charge in [-0.3, -0.25) is 14.3 Å². The highest BCUT2D eigenvalue weighted by atomic mass is 32.2. The number of nitrogens with one attached hydrogen (secondary N) is 1. The number of carbonyl (C=O) groups is 1. The number of aromatic nitrogens is 5. The first-order valence-electron chi connectivity index (χ1n) is 10.5. The Balaban J connectivity index is 1.67. The number of hydrogen-bond donors (Lipinski definition) is 1. The molecule has 0 saturated carbocycles. The minimum absolute atomic E-state index is 0.102. The van der Waals surface area contributed by atoms with Gasteiger partial charge in [0.05, 0.1) is 50.4 Å². The molecule has 0 fully saturated rings. The van der Waals surface area contributed by atoms with Crippen LogP contribution in [0.25, 0.3) is 22.3 Å². The lowest BCUT2D eigenvalue weighted by Gasteiger charge is -2.12. The fourth-order valence-electron chi connectivity index (χ4n) is 3.44. The van der Waals surface area contributed by atoms with Crippen molar-refractivity contribution in [3.05, 3.63) is 50.9 Å². The van der Waals surface area contributed by atoms with E-state index in [0.29, 0.717) is 22.8 Å². The Morgan fingerprint density at radius 2 is 1.78 bits per heavy atom. The van der Waals surface area contributed by atoms with E-state index >= 15 is 0 Å². The van der Waals surface area contributed by atoms with E-state index in [-0.39, 0.29) is 32.7 Å². The zero-order chi connectivity index (χ0) is 26.9. The molecule has 0 saturated heterocycles. The third kappa shape index (κ3) is 5.03. The molecule has 0 spiro atoms. The molecule has 194 valence electrons. The first-order chi connectivity index (χ1) is 17.6. The number of Topliss-reactive ketones (excluding diaryl/α,β-unsaturated/α-hetero) is 1. The first-order valence-corrected chi connectivity index (χ1v) is 12.9. The van der Waals surface area contributed by atoms with E-state index in [1.165, 1.54) is 63.0 Å². The average molecular weight is 547 g/mol. The Labute approximate surface area is 215 Å². The molecule has 1 aromatic carbocycles. The molecule has 37 heavy (non-hydrogen) atoms. The number of ether oxygens (including phenoxy) is 3. The maximum atomic E-state index is 12.9. The summed E-state index contributed by atoms with van der Waals surface area (Å²) < 4.78 is 46.5. The van der Waals surface area contributed by atoms with E-state index in [9.17, 15) is 18.0 Å². The number of rotatable bonds is 9. The minimum atomic E-state index is -4.01. The van der Waals surface area contributed by atoms with E-state index in [1.807, 2.05) is 0 Å². The Morgan fingerprint density at radius 1 is 1.11 bits per heavy atom. The van der Waals surface area contributed by atoms with Gasteiger partial charge < -0.3 is 14.2 Å². The van der Waals surface area contributed by atoms with Crippen molar-refractivity contribution in [1.29, 1.82) is 0 Å². The maximum absolute atomic E-state index is 12.9. The molecule has 4 aromatic rings. The molecule has 0 bridgehead atoms. The molecule has 15 heteroatoms. The van der Waals surface area contributed by atoms with Crippen LogP contribution in [0.2, 0.25) is 0 Å². The van der Waals surface area contributed by atoms with Crippen molar-refractivity contribution in [2.45, 2.75) is 6.92 Å². The van der Waals surface area contributed by atoms with Crippen molar-refractivity contribution in [1.82, 2.24) is 24.4 Å². The molecule has 0 aliphatic rings. The van der Waals surface area contributed by atoms with Crippen LogP contribution in [-0.2, 0) is 17.1 Å². The van der Waals surface area contributed by atoms with Gasteiger partial charge in [-0.15, -0.1) is 10.2 Å². The lowest BCUT2D eigenvalue weighted by molar-refractivity contribution is 0.101. The van der Waals surface area contributed by atoms with Crippen LogP contribution in [-0.4, -0.2) is 59.9 Å². The molecule has 0 unspecified atom stereocenters. The summed E-state index contributed by atoms with van der Waals surface area (Å²) in [5.74, 6) is 0.913. The van der Waals surface area contributed by atoms with Crippen LogP contribution in [0, 0.1) is 0 Å². The second-order valence-electron chi connectivity index (χ2n) is 7.58. The van der Waals surface area contributed by atoms with Crippen molar-refractivity contribution in [3.63, 3.8) is 0 Å². The number of sulfonamides is 1. The van der Waals surface area contributed by atoms with Gasteiger partial charge in [0.2, 0.25) is 0 Å². The third-order valence-electron chi connectivity index (χ3n) is 5.23. The van der Waals surface area contributed by atoms with Crippen molar-refractivity contribution in [2.75, 3.05) is 26.1 Å². The predicted octanol–water partition coefficient (Wildman–Crippen LogP) is 2.19. The van der Waals surface area contributed by atoms with Crippen LogP contribution in [0.1, 0.15) is 22.3 Å². The van der Waals surface area contributed by atoms with E-state index in [2.05, 4.69) is 19.9 Å². The van der Waals surface area contributed by atoms with Crippen molar-refractivity contribution in [3.8, 4) is 27.8 Å². The molecule has 0 atom stereocenters. The van der Waals surface area contributed by atoms with Gasteiger partial charge in [-0.25, -0.2) is 22.6 Å². The van der Waals surface area contributed by atoms with Gasteiger partial charge in [0, 0.05) is 26.1 Å². The van der Waals surface area contributed by atoms with Gasteiger partial charge in [-0.1, -0.05) is 11.3 Å². The maximum Gasteiger partial charge on any atom is 0.279 e. The van der Waals surface area contributed by atoms with Crippen LogP contribution in [0.4, 0.5) is 5.69 Å². The summed E-state index contributed by atoms with van der Waals surface area (Å²) in [6.07, 6.45) is 4.00. The highest BCUT2D eigenvalue weighted by Gasteiger charge is 2.21. The summed E-state index contributed by atoms with van der Waals surface area (Å²) in [5, 5.41) is 9.10. The number of methoxy groups -OCH3 is 3. The second kappa shape index (κ2) is 10.0. The lowest BCUT2D eigenvalue weighted by Crippen LogP contribution is -2.16. The van der Waals surface area contributed by atoms with Crippen LogP contribution in [0.5, 0.6) is 17.2 Å². The summed E-state index contributed by atoms with van der Waals surface area (Å²) in [6, 6.07) is 3.20. The normalized spacial score (nSPS) is 11.7. The van der Waals surface area contributed by atoms with Crippen molar-refractivity contribution < 1.29 is 27.4 Å². The number of hydrogen-bond acceptors (Lipinski definition) is 11. The Morgan fingerprint density at radius 3 is 2.35 bits per heavy atom. The van der Waals surface area contributed by atoms with Gasteiger partial charge in [-0.2, -0.15) is 0 Å². The van der Waals surface area contributed by atoms with Gasteiger partial charge >= 0.3 is 0 Å². The summed E-state index contributed by atoms with van der Waals surface area (Å²) in [7, 11) is 1.85. The van der Waals surface area contributed by atoms with Crippen LogP contribution in [0.15, 0.2) is 34.7 Å². The zero-order valence-corrected chi connectivity index (χ0v) is 22.0. The predicted molar refractivity (Wildman–Crippen MR) is 137 cm³/mol. The Kier molecular flexibility index (Phi) is 7.00. The molecular formula is C22H22N6O7S2. The summed E-state index contributed by atoms with van der Waals surface area (Å²) >= 11 is 0.976. The molecule has 0 radical (unpaired) electrons. The standard InChI is InChI=1S/C22H22N6O7S2/c1-12(29)20-24-25-21(36-20)18-19-23-10-13(11-28(19)27(2)22(18)30)26-37(31,32)7-6-15-16(34-4)8-14(33-3)9-17(15)35-5/h6-11,26H,1-5H3. The molecule has 3 aromatic heterocycles. The number of nitrogens with zero attached hydrogens (tertiary/aromatic N) is 5. The fraction of sp³-hybridized carbons (Fsp3) is 0.227. The average Bonchev–Trinajstić information content (AvgIpc) is 3.45. The van der Waals surface area contributed by atoms with E-state index in [4.69, 9.17) is 14.2 Å². The molecule has 0 aliphatic heterocycles. The number of aryl methyl sites for hydroxylation is 1. The number of carbonyl (C=O) groups excluding carboxylic acids is 1. The van der Waals surface area contributed by atoms with Crippen molar-refractivity contribution in [2.24, 2.45) is 7.05 Å². The molecule has 3 heterocycles. The van der Waals surface area contributed by atoms with Gasteiger partial charge in [0.1, 0.15) is 22.8 Å². The second-order valence-corrected chi connectivity index (χ2v) is 10.1. The first kappa shape index (κ1) is 25.8. The fourth-order valence-corrected chi connectivity index (χ4v) is 5.03. The molecule has 0 aliphatic carbocycles. The van der Waals surface area contributed by atoms with E-state index < -0.39 is 15.6 Å². The topological polar surface area (TPSA) is 156 Å². The third-order valence-corrected chi connectivity index (χ3v) is 7.28. The lowest BCUT2D eigenvalue weighted by atomic mass is 10.1.